The van der Waals surface area contributed by atoms with Gasteiger partial charge in [-0.1, -0.05) is 6.07 Å². The van der Waals surface area contributed by atoms with Crippen molar-refractivity contribution >= 4 is 17.3 Å². The molecule has 126 valence electrons. The van der Waals surface area contributed by atoms with E-state index in [1.165, 1.54) is 5.56 Å². The standard InChI is InChI=1S/C18H22N4OS/c1-21-9-7-13(11-21)17-16(15-6-2-3-8-19-15)20-18(24)22(17)12-14-5-4-10-23-14/h2-3,6-9,11,14,16-17H,4-5,10,12H2,1H3,(H,20,24)/t14-,16+,17-/m1/s1. The van der Waals surface area contributed by atoms with Crippen molar-refractivity contribution in [3.05, 3.63) is 54.1 Å². The number of rotatable bonds is 4. The zero-order valence-electron chi connectivity index (χ0n) is 13.8. The molecule has 2 saturated heterocycles. The minimum atomic E-state index is 0.0579. The smallest absolute Gasteiger partial charge is 0.170 e. The number of ether oxygens (including phenoxy) is 1. The van der Waals surface area contributed by atoms with Gasteiger partial charge in [0.05, 0.1) is 23.9 Å². The SMILES string of the molecule is Cn1ccc([C@@H]2[C@H](c3ccccn3)NC(=S)N2C[C@H]2CCCO2)c1. The molecule has 24 heavy (non-hydrogen) atoms. The van der Waals surface area contributed by atoms with Gasteiger partial charge in [-0.25, -0.2) is 0 Å². The summed E-state index contributed by atoms with van der Waals surface area (Å²) in [5.74, 6) is 0. The maximum atomic E-state index is 5.84. The normalized spacial score (nSPS) is 26.8. The van der Waals surface area contributed by atoms with Gasteiger partial charge in [0.25, 0.3) is 0 Å². The molecule has 2 aromatic heterocycles. The average Bonchev–Trinajstić information content (AvgIpc) is 3.31. The third-order valence-corrected chi connectivity index (χ3v) is 5.17. The number of aryl methyl sites for hydroxylation is 1. The van der Waals surface area contributed by atoms with E-state index >= 15 is 0 Å². The number of hydrogen-bond donors (Lipinski definition) is 1. The van der Waals surface area contributed by atoms with Crippen molar-refractivity contribution in [3.63, 3.8) is 0 Å². The number of nitrogens with one attached hydrogen (secondary N) is 1. The summed E-state index contributed by atoms with van der Waals surface area (Å²) in [4.78, 5) is 6.83. The highest BCUT2D eigenvalue weighted by Gasteiger charge is 2.41. The van der Waals surface area contributed by atoms with E-state index in [0.29, 0.717) is 0 Å². The second-order valence-electron chi connectivity index (χ2n) is 6.52. The van der Waals surface area contributed by atoms with Crippen LogP contribution in [0.2, 0.25) is 0 Å². The minimum Gasteiger partial charge on any atom is -0.376 e. The summed E-state index contributed by atoms with van der Waals surface area (Å²) >= 11 is 5.66. The highest BCUT2D eigenvalue weighted by atomic mass is 32.1. The second-order valence-corrected chi connectivity index (χ2v) is 6.91. The molecule has 2 aliphatic heterocycles. The van der Waals surface area contributed by atoms with Crippen LogP contribution in [0.3, 0.4) is 0 Å². The van der Waals surface area contributed by atoms with Crippen LogP contribution in [0.25, 0.3) is 0 Å². The van der Waals surface area contributed by atoms with Crippen molar-refractivity contribution in [1.29, 1.82) is 0 Å². The van der Waals surface area contributed by atoms with Crippen molar-refractivity contribution in [2.45, 2.75) is 31.0 Å². The third-order valence-electron chi connectivity index (χ3n) is 4.82. The molecule has 4 heterocycles. The van der Waals surface area contributed by atoms with Crippen LogP contribution in [-0.2, 0) is 11.8 Å². The van der Waals surface area contributed by atoms with E-state index in [4.69, 9.17) is 17.0 Å². The molecule has 4 rings (SSSR count). The molecule has 0 aromatic carbocycles. The molecule has 0 spiro atoms. The van der Waals surface area contributed by atoms with E-state index in [0.717, 1.165) is 36.8 Å². The lowest BCUT2D eigenvalue weighted by atomic mass is 9.99. The molecule has 0 aliphatic carbocycles. The number of hydrogen-bond acceptors (Lipinski definition) is 3. The van der Waals surface area contributed by atoms with Gasteiger partial charge in [0.1, 0.15) is 0 Å². The van der Waals surface area contributed by atoms with Crippen LogP contribution in [0.1, 0.15) is 36.2 Å². The van der Waals surface area contributed by atoms with Crippen molar-refractivity contribution < 1.29 is 4.74 Å². The number of nitrogens with zero attached hydrogens (tertiary/aromatic N) is 3. The maximum Gasteiger partial charge on any atom is 0.170 e. The second kappa shape index (κ2) is 6.53. The van der Waals surface area contributed by atoms with Crippen molar-refractivity contribution in [1.82, 2.24) is 19.8 Å². The maximum absolute atomic E-state index is 5.84. The zero-order valence-corrected chi connectivity index (χ0v) is 14.6. The van der Waals surface area contributed by atoms with Crippen LogP contribution in [0.4, 0.5) is 0 Å². The summed E-state index contributed by atoms with van der Waals surface area (Å²) in [6, 6.07) is 8.39. The Balaban J connectivity index is 1.67. The Morgan fingerprint density at radius 2 is 2.29 bits per heavy atom. The Kier molecular flexibility index (Phi) is 4.24. The lowest BCUT2D eigenvalue weighted by Gasteiger charge is -2.29. The van der Waals surface area contributed by atoms with E-state index in [-0.39, 0.29) is 18.2 Å². The van der Waals surface area contributed by atoms with E-state index in [1.807, 2.05) is 25.4 Å². The molecule has 0 bridgehead atoms. The van der Waals surface area contributed by atoms with Crippen LogP contribution in [0, 0.1) is 0 Å². The predicted molar refractivity (Wildman–Crippen MR) is 96.5 cm³/mol. The van der Waals surface area contributed by atoms with Gasteiger partial charge in [0.2, 0.25) is 0 Å². The molecule has 0 unspecified atom stereocenters. The van der Waals surface area contributed by atoms with Crippen molar-refractivity contribution in [2.24, 2.45) is 7.05 Å². The van der Waals surface area contributed by atoms with Crippen molar-refractivity contribution in [2.75, 3.05) is 13.2 Å². The fraction of sp³-hybridized carbons (Fsp3) is 0.444. The van der Waals surface area contributed by atoms with Gasteiger partial charge in [-0.2, -0.15) is 0 Å². The molecular formula is C18H22N4OS. The fourth-order valence-electron chi connectivity index (χ4n) is 3.67. The molecule has 2 aromatic rings. The first-order valence-electron chi connectivity index (χ1n) is 8.44. The topological polar surface area (TPSA) is 42.3 Å². The molecule has 1 N–H and O–H groups in total. The number of thiocarbonyl (C=S) groups is 1. The summed E-state index contributed by atoms with van der Waals surface area (Å²) in [5.41, 5.74) is 2.27. The van der Waals surface area contributed by atoms with Crippen LogP contribution < -0.4 is 5.32 Å². The molecule has 0 amide bonds. The van der Waals surface area contributed by atoms with Crippen LogP contribution in [0.5, 0.6) is 0 Å². The zero-order chi connectivity index (χ0) is 16.5. The summed E-state index contributed by atoms with van der Waals surface area (Å²) in [5, 5.41) is 4.27. The molecule has 2 aliphatic rings. The van der Waals surface area contributed by atoms with Gasteiger partial charge in [-0.15, -0.1) is 0 Å². The van der Waals surface area contributed by atoms with Gasteiger partial charge in [0.15, 0.2) is 5.11 Å². The van der Waals surface area contributed by atoms with Gasteiger partial charge in [-0.05, 0) is 48.8 Å². The Hall–Kier alpha value is -1.92. The van der Waals surface area contributed by atoms with E-state index in [9.17, 15) is 0 Å². The Labute approximate surface area is 147 Å². The molecule has 5 nitrogen and oxygen atoms in total. The number of aromatic nitrogens is 2. The summed E-state index contributed by atoms with van der Waals surface area (Å²) in [6.07, 6.45) is 8.59. The predicted octanol–water partition coefficient (Wildman–Crippen LogP) is 2.57. The molecule has 3 atom stereocenters. The third kappa shape index (κ3) is 2.91. The lowest BCUT2D eigenvalue weighted by molar-refractivity contribution is 0.0842. The van der Waals surface area contributed by atoms with Crippen LogP contribution >= 0.6 is 12.2 Å². The Morgan fingerprint density at radius 3 is 2.96 bits per heavy atom. The fourth-order valence-corrected chi connectivity index (χ4v) is 3.99. The average molecular weight is 342 g/mol. The monoisotopic (exact) mass is 342 g/mol. The molecular weight excluding hydrogens is 320 g/mol. The largest absolute Gasteiger partial charge is 0.376 e. The van der Waals surface area contributed by atoms with Gasteiger partial charge >= 0.3 is 0 Å². The van der Waals surface area contributed by atoms with E-state index in [2.05, 4.69) is 44.3 Å². The van der Waals surface area contributed by atoms with Crippen LogP contribution in [0.15, 0.2) is 42.9 Å². The first-order chi connectivity index (χ1) is 11.7. The van der Waals surface area contributed by atoms with Crippen molar-refractivity contribution in [3.8, 4) is 0 Å². The van der Waals surface area contributed by atoms with Gasteiger partial charge < -0.3 is 19.5 Å². The quantitative estimate of drug-likeness (QED) is 0.865. The van der Waals surface area contributed by atoms with Crippen LogP contribution in [-0.4, -0.2) is 38.8 Å². The Morgan fingerprint density at radius 1 is 1.38 bits per heavy atom. The Bertz CT molecular complexity index is 711. The summed E-state index contributed by atoms with van der Waals surface area (Å²) in [6.45, 7) is 1.69. The highest BCUT2D eigenvalue weighted by Crippen LogP contribution is 2.39. The molecule has 2 fully saturated rings. The minimum absolute atomic E-state index is 0.0579. The first-order valence-corrected chi connectivity index (χ1v) is 8.85. The van der Waals surface area contributed by atoms with E-state index < -0.39 is 0 Å². The van der Waals surface area contributed by atoms with Gasteiger partial charge in [-0.3, -0.25) is 4.98 Å². The molecule has 6 heteroatoms. The molecule has 0 radical (unpaired) electrons. The van der Waals surface area contributed by atoms with Gasteiger partial charge in [0, 0.05) is 38.8 Å². The lowest BCUT2D eigenvalue weighted by Crippen LogP contribution is -2.36. The summed E-state index contributed by atoms with van der Waals surface area (Å²) < 4.78 is 7.92. The number of pyridine rings is 1. The first kappa shape index (κ1) is 15.6. The summed E-state index contributed by atoms with van der Waals surface area (Å²) in [7, 11) is 2.05. The van der Waals surface area contributed by atoms with E-state index in [1.54, 1.807) is 0 Å². The highest BCUT2D eigenvalue weighted by molar-refractivity contribution is 7.80. The molecule has 0 saturated carbocycles.